The molecule has 0 saturated carbocycles. The minimum absolute atomic E-state index is 0.152. The molecule has 6 nitrogen and oxygen atoms in total. The van der Waals surface area contributed by atoms with Crippen LogP contribution in [0.4, 0.5) is 0 Å². The number of rotatable bonds is 8. The number of amides is 1. The molecular weight excluding hydrogens is 400 g/mol. The summed E-state index contributed by atoms with van der Waals surface area (Å²) in [5.74, 6) is 0.431. The second kappa shape index (κ2) is 10.1. The molecule has 0 radical (unpaired) electrons. The van der Waals surface area contributed by atoms with Gasteiger partial charge < -0.3 is 10.1 Å². The SMILES string of the molecule is N#Cc1ccccc1COc1cccc(C(=O)NCCc2ccc(-n3cccn3)cc2)c1. The summed E-state index contributed by atoms with van der Waals surface area (Å²) in [6.45, 7) is 0.796. The normalized spacial score (nSPS) is 10.3. The van der Waals surface area contributed by atoms with Crippen molar-refractivity contribution in [2.45, 2.75) is 13.0 Å². The second-order valence-electron chi connectivity index (χ2n) is 7.21. The van der Waals surface area contributed by atoms with Gasteiger partial charge in [0.15, 0.2) is 0 Å². The van der Waals surface area contributed by atoms with Gasteiger partial charge in [0.05, 0.1) is 17.3 Å². The molecule has 0 fully saturated rings. The van der Waals surface area contributed by atoms with E-state index in [1.807, 2.05) is 54.7 Å². The number of carbonyl (C=O) groups is 1. The first kappa shape index (κ1) is 20.9. The fourth-order valence-corrected chi connectivity index (χ4v) is 3.30. The summed E-state index contributed by atoms with van der Waals surface area (Å²) in [4.78, 5) is 12.6. The van der Waals surface area contributed by atoms with E-state index in [4.69, 9.17) is 4.74 Å². The van der Waals surface area contributed by atoms with Crippen LogP contribution in [0.1, 0.15) is 27.0 Å². The highest BCUT2D eigenvalue weighted by molar-refractivity contribution is 5.94. The summed E-state index contributed by atoms with van der Waals surface area (Å²) in [5.41, 5.74) is 4.05. The molecule has 32 heavy (non-hydrogen) atoms. The molecular formula is C26H22N4O2. The first-order valence-electron chi connectivity index (χ1n) is 10.3. The topological polar surface area (TPSA) is 79.9 Å². The van der Waals surface area contributed by atoms with Gasteiger partial charge in [-0.2, -0.15) is 10.4 Å². The van der Waals surface area contributed by atoms with Crippen molar-refractivity contribution in [2.24, 2.45) is 0 Å². The molecule has 0 bridgehead atoms. The predicted molar refractivity (Wildman–Crippen MR) is 122 cm³/mol. The van der Waals surface area contributed by atoms with Gasteiger partial charge in [-0.05, 0) is 54.4 Å². The van der Waals surface area contributed by atoms with Crippen LogP contribution in [0.25, 0.3) is 5.69 Å². The Balaban J connectivity index is 1.29. The lowest BCUT2D eigenvalue weighted by Gasteiger charge is -2.10. The highest BCUT2D eigenvalue weighted by Crippen LogP contribution is 2.17. The zero-order valence-corrected chi connectivity index (χ0v) is 17.4. The zero-order chi connectivity index (χ0) is 22.2. The molecule has 0 aliphatic carbocycles. The van der Waals surface area contributed by atoms with Gasteiger partial charge >= 0.3 is 0 Å². The third kappa shape index (κ3) is 5.21. The number of hydrogen-bond donors (Lipinski definition) is 1. The van der Waals surface area contributed by atoms with Gasteiger partial charge in [0, 0.05) is 30.1 Å². The van der Waals surface area contributed by atoms with Crippen LogP contribution in [0.15, 0.2) is 91.3 Å². The molecule has 4 aromatic rings. The Labute approximate surface area is 186 Å². The third-order valence-electron chi connectivity index (χ3n) is 5.03. The lowest BCUT2D eigenvalue weighted by atomic mass is 10.1. The highest BCUT2D eigenvalue weighted by Gasteiger charge is 2.08. The van der Waals surface area contributed by atoms with Crippen LogP contribution in [-0.4, -0.2) is 22.2 Å². The van der Waals surface area contributed by atoms with Crippen molar-refractivity contribution in [1.82, 2.24) is 15.1 Å². The van der Waals surface area contributed by atoms with Crippen molar-refractivity contribution in [2.75, 3.05) is 6.54 Å². The monoisotopic (exact) mass is 422 g/mol. The number of nitriles is 1. The van der Waals surface area contributed by atoms with Crippen molar-refractivity contribution >= 4 is 5.91 Å². The van der Waals surface area contributed by atoms with Gasteiger partial charge in [-0.3, -0.25) is 4.79 Å². The Morgan fingerprint density at radius 1 is 1.03 bits per heavy atom. The summed E-state index contributed by atoms with van der Waals surface area (Å²) in [6.07, 6.45) is 4.37. The lowest BCUT2D eigenvalue weighted by Crippen LogP contribution is -2.25. The van der Waals surface area contributed by atoms with E-state index in [0.717, 1.165) is 23.2 Å². The van der Waals surface area contributed by atoms with Gasteiger partial charge in [0.1, 0.15) is 12.4 Å². The van der Waals surface area contributed by atoms with Crippen LogP contribution in [0.3, 0.4) is 0 Å². The molecule has 3 aromatic carbocycles. The Morgan fingerprint density at radius 3 is 2.66 bits per heavy atom. The van der Waals surface area contributed by atoms with Crippen molar-refractivity contribution < 1.29 is 9.53 Å². The van der Waals surface area contributed by atoms with Gasteiger partial charge in [0.25, 0.3) is 5.91 Å². The summed E-state index contributed by atoms with van der Waals surface area (Å²) < 4.78 is 7.61. The van der Waals surface area contributed by atoms with Crippen LogP contribution < -0.4 is 10.1 Å². The minimum Gasteiger partial charge on any atom is -0.489 e. The molecule has 0 aliphatic heterocycles. The number of nitrogens with zero attached hydrogens (tertiary/aromatic N) is 3. The number of nitrogens with one attached hydrogen (secondary N) is 1. The summed E-state index contributed by atoms with van der Waals surface area (Å²) in [7, 11) is 0. The van der Waals surface area contributed by atoms with Gasteiger partial charge in [-0.15, -0.1) is 0 Å². The van der Waals surface area contributed by atoms with E-state index >= 15 is 0 Å². The van der Waals surface area contributed by atoms with Crippen LogP contribution >= 0.6 is 0 Å². The number of ether oxygens (including phenoxy) is 1. The molecule has 1 aromatic heterocycles. The molecule has 6 heteroatoms. The second-order valence-corrected chi connectivity index (χ2v) is 7.21. The van der Waals surface area contributed by atoms with Crippen molar-refractivity contribution in [3.8, 4) is 17.5 Å². The fourth-order valence-electron chi connectivity index (χ4n) is 3.30. The van der Waals surface area contributed by atoms with E-state index in [9.17, 15) is 10.1 Å². The average molecular weight is 422 g/mol. The Bertz CT molecular complexity index is 1230. The van der Waals surface area contributed by atoms with Crippen molar-refractivity contribution in [1.29, 1.82) is 5.26 Å². The van der Waals surface area contributed by atoms with E-state index in [-0.39, 0.29) is 12.5 Å². The maximum atomic E-state index is 12.6. The van der Waals surface area contributed by atoms with Crippen molar-refractivity contribution in [3.63, 3.8) is 0 Å². The molecule has 158 valence electrons. The third-order valence-corrected chi connectivity index (χ3v) is 5.03. The molecule has 0 aliphatic rings. The van der Waals surface area contributed by atoms with E-state index in [0.29, 0.717) is 23.4 Å². The Kier molecular flexibility index (Phi) is 6.59. The predicted octanol–water partition coefficient (Wildman–Crippen LogP) is 4.30. The fraction of sp³-hybridized carbons (Fsp3) is 0.115. The standard InChI is InChI=1S/C26H22N4O2/c27-18-22-5-1-2-6-23(22)19-32-25-8-3-7-21(17-25)26(31)28-15-13-20-9-11-24(12-10-20)30-16-4-14-29-30/h1-12,14,16-17H,13,15,19H2,(H,28,31). The van der Waals surface area contributed by atoms with Crippen LogP contribution in [0, 0.1) is 11.3 Å². The smallest absolute Gasteiger partial charge is 0.251 e. The first-order chi connectivity index (χ1) is 15.7. The molecule has 1 amide bonds. The molecule has 0 unspecified atom stereocenters. The summed E-state index contributed by atoms with van der Waals surface area (Å²) in [5, 5.41) is 16.4. The van der Waals surface area contributed by atoms with E-state index in [1.165, 1.54) is 0 Å². The number of carbonyl (C=O) groups excluding carboxylic acids is 1. The summed E-state index contributed by atoms with van der Waals surface area (Å²) >= 11 is 0. The van der Waals surface area contributed by atoms with Gasteiger partial charge in [0.2, 0.25) is 0 Å². The molecule has 0 atom stereocenters. The van der Waals surface area contributed by atoms with Crippen LogP contribution in [-0.2, 0) is 13.0 Å². The summed E-state index contributed by atoms with van der Waals surface area (Å²) in [6, 6.07) is 26.5. The van der Waals surface area contributed by atoms with E-state index in [2.05, 4.69) is 16.5 Å². The molecule has 0 spiro atoms. The van der Waals surface area contributed by atoms with Gasteiger partial charge in [-0.25, -0.2) is 4.68 Å². The maximum absolute atomic E-state index is 12.6. The Hall–Kier alpha value is -4.37. The molecule has 4 rings (SSSR count). The number of hydrogen-bond acceptors (Lipinski definition) is 4. The average Bonchev–Trinajstić information content (AvgIpc) is 3.38. The van der Waals surface area contributed by atoms with Gasteiger partial charge in [-0.1, -0.05) is 36.4 Å². The zero-order valence-electron chi connectivity index (χ0n) is 17.4. The quantitative estimate of drug-likeness (QED) is 0.459. The molecule has 1 heterocycles. The number of benzene rings is 3. The molecule has 0 saturated heterocycles. The van der Waals surface area contributed by atoms with Crippen molar-refractivity contribution in [3.05, 3.63) is 114 Å². The Morgan fingerprint density at radius 2 is 1.88 bits per heavy atom. The highest BCUT2D eigenvalue weighted by atomic mass is 16.5. The first-order valence-corrected chi connectivity index (χ1v) is 10.3. The molecule has 1 N–H and O–H groups in total. The largest absolute Gasteiger partial charge is 0.489 e. The lowest BCUT2D eigenvalue weighted by molar-refractivity contribution is 0.0953. The van der Waals surface area contributed by atoms with E-state index < -0.39 is 0 Å². The van der Waals surface area contributed by atoms with Crippen LogP contribution in [0.2, 0.25) is 0 Å². The van der Waals surface area contributed by atoms with E-state index in [1.54, 1.807) is 41.2 Å². The number of aromatic nitrogens is 2. The van der Waals surface area contributed by atoms with Crippen LogP contribution in [0.5, 0.6) is 5.75 Å². The maximum Gasteiger partial charge on any atom is 0.251 e. The minimum atomic E-state index is -0.152.